The second kappa shape index (κ2) is 5.45. The molecule has 120 valence electrons. The number of H-pyrrole nitrogens is 1. The monoisotopic (exact) mass is 320 g/mol. The van der Waals surface area contributed by atoms with Crippen molar-refractivity contribution in [3.63, 3.8) is 0 Å². The van der Waals surface area contributed by atoms with Gasteiger partial charge in [0.1, 0.15) is 5.82 Å². The van der Waals surface area contributed by atoms with Crippen LogP contribution in [-0.2, 0) is 13.6 Å². The van der Waals surface area contributed by atoms with Crippen molar-refractivity contribution in [2.75, 3.05) is 0 Å². The van der Waals surface area contributed by atoms with Crippen molar-refractivity contribution < 1.29 is 0 Å². The molecular formula is C17H16N6O. The van der Waals surface area contributed by atoms with Gasteiger partial charge in [-0.1, -0.05) is 18.2 Å². The number of nitrogens with zero attached hydrogens (tertiary/aromatic N) is 5. The van der Waals surface area contributed by atoms with Gasteiger partial charge < -0.3 is 9.55 Å². The zero-order chi connectivity index (χ0) is 16.7. The van der Waals surface area contributed by atoms with Crippen molar-refractivity contribution in [1.82, 2.24) is 29.3 Å². The van der Waals surface area contributed by atoms with Gasteiger partial charge in [-0.2, -0.15) is 5.10 Å². The van der Waals surface area contributed by atoms with Crippen LogP contribution in [0.3, 0.4) is 0 Å². The lowest BCUT2D eigenvalue weighted by molar-refractivity contribution is 0.771. The summed E-state index contributed by atoms with van der Waals surface area (Å²) >= 11 is 0. The van der Waals surface area contributed by atoms with Crippen LogP contribution in [0.4, 0.5) is 0 Å². The Hall–Kier alpha value is -3.22. The van der Waals surface area contributed by atoms with Crippen molar-refractivity contribution in [3.8, 4) is 22.6 Å². The predicted molar refractivity (Wildman–Crippen MR) is 91.5 cm³/mol. The average molecular weight is 320 g/mol. The topological polar surface area (TPSA) is 81.4 Å². The summed E-state index contributed by atoms with van der Waals surface area (Å²) in [7, 11) is 1.88. The lowest BCUT2D eigenvalue weighted by atomic mass is 10.1. The molecule has 7 nitrogen and oxygen atoms in total. The fourth-order valence-corrected chi connectivity index (χ4v) is 2.72. The Morgan fingerprint density at radius 1 is 1.21 bits per heavy atom. The Morgan fingerprint density at radius 3 is 2.79 bits per heavy atom. The standard InChI is InChI=1S/C17H16N6O/c1-3-23-10-18-14-16(23)19-15(20-17(14)24)12-6-4-5-11(9-12)13-7-8-22(2)21-13/h4-10H,3H2,1-2H3,(H,19,20,24). The van der Waals surface area contributed by atoms with Gasteiger partial charge in [0.15, 0.2) is 11.2 Å². The highest BCUT2D eigenvalue weighted by atomic mass is 16.1. The Kier molecular flexibility index (Phi) is 3.26. The van der Waals surface area contributed by atoms with Crippen LogP contribution >= 0.6 is 0 Å². The molecule has 0 radical (unpaired) electrons. The van der Waals surface area contributed by atoms with E-state index in [4.69, 9.17) is 0 Å². The van der Waals surface area contributed by atoms with Crippen molar-refractivity contribution in [1.29, 1.82) is 0 Å². The van der Waals surface area contributed by atoms with Crippen molar-refractivity contribution in [3.05, 3.63) is 53.2 Å². The molecule has 0 unspecified atom stereocenters. The summed E-state index contributed by atoms with van der Waals surface area (Å²) < 4.78 is 3.62. The fourth-order valence-electron chi connectivity index (χ4n) is 2.72. The number of benzene rings is 1. The summed E-state index contributed by atoms with van der Waals surface area (Å²) in [5.41, 5.74) is 3.41. The average Bonchev–Trinajstić information content (AvgIpc) is 3.21. The van der Waals surface area contributed by atoms with Gasteiger partial charge in [0.2, 0.25) is 0 Å². The molecule has 0 aliphatic carbocycles. The highest BCUT2D eigenvalue weighted by Gasteiger charge is 2.11. The summed E-state index contributed by atoms with van der Waals surface area (Å²) in [5, 5.41) is 4.41. The maximum atomic E-state index is 12.3. The minimum atomic E-state index is -0.231. The molecule has 0 saturated heterocycles. The Morgan fingerprint density at radius 2 is 2.04 bits per heavy atom. The third-order valence-corrected chi connectivity index (χ3v) is 3.96. The molecule has 0 spiro atoms. The molecule has 24 heavy (non-hydrogen) atoms. The van der Waals surface area contributed by atoms with E-state index in [1.165, 1.54) is 0 Å². The Labute approximate surface area is 137 Å². The van der Waals surface area contributed by atoms with Gasteiger partial charge in [-0.3, -0.25) is 9.48 Å². The number of hydrogen-bond acceptors (Lipinski definition) is 4. The molecule has 0 saturated carbocycles. The zero-order valence-corrected chi connectivity index (χ0v) is 13.4. The third-order valence-electron chi connectivity index (χ3n) is 3.96. The first kappa shape index (κ1) is 14.4. The summed E-state index contributed by atoms with van der Waals surface area (Å²) in [6, 6.07) is 9.76. The minimum Gasteiger partial charge on any atom is -0.315 e. The van der Waals surface area contributed by atoms with Crippen LogP contribution in [0.15, 0.2) is 47.7 Å². The molecule has 0 aliphatic rings. The van der Waals surface area contributed by atoms with E-state index in [0.717, 1.165) is 16.8 Å². The quantitative estimate of drug-likeness (QED) is 0.627. The molecule has 4 rings (SSSR count). The third kappa shape index (κ3) is 2.30. The number of rotatable bonds is 3. The molecule has 7 heteroatoms. The number of aromatic nitrogens is 6. The molecule has 1 N–H and O–H groups in total. The summed E-state index contributed by atoms with van der Waals surface area (Å²) in [4.78, 5) is 23.8. The Balaban J connectivity index is 1.87. The number of nitrogens with one attached hydrogen (secondary N) is 1. The first-order valence-electron chi connectivity index (χ1n) is 7.71. The van der Waals surface area contributed by atoms with Gasteiger partial charge in [0.05, 0.1) is 12.0 Å². The fraction of sp³-hybridized carbons (Fsp3) is 0.176. The van der Waals surface area contributed by atoms with Crippen LogP contribution in [0.25, 0.3) is 33.8 Å². The first-order chi connectivity index (χ1) is 11.7. The normalized spacial score (nSPS) is 11.2. The number of aromatic amines is 1. The molecule has 0 fully saturated rings. The van der Waals surface area contributed by atoms with Gasteiger partial charge in [-0.15, -0.1) is 0 Å². The molecule has 3 aromatic heterocycles. The minimum absolute atomic E-state index is 0.231. The molecule has 4 aromatic rings. The number of fused-ring (bicyclic) bond motifs is 1. The molecule has 0 atom stereocenters. The highest BCUT2D eigenvalue weighted by molar-refractivity contribution is 5.74. The van der Waals surface area contributed by atoms with Crippen LogP contribution in [0, 0.1) is 0 Å². The number of imidazole rings is 1. The van der Waals surface area contributed by atoms with Crippen LogP contribution in [-0.4, -0.2) is 29.3 Å². The molecule has 3 heterocycles. The maximum Gasteiger partial charge on any atom is 0.279 e. The van der Waals surface area contributed by atoms with E-state index < -0.39 is 0 Å². The first-order valence-corrected chi connectivity index (χ1v) is 7.71. The maximum absolute atomic E-state index is 12.3. The van der Waals surface area contributed by atoms with Gasteiger partial charge in [-0.25, -0.2) is 9.97 Å². The van der Waals surface area contributed by atoms with E-state index in [9.17, 15) is 4.79 Å². The summed E-state index contributed by atoms with van der Waals surface area (Å²) in [6.07, 6.45) is 3.54. The van der Waals surface area contributed by atoms with E-state index in [1.807, 2.05) is 55.1 Å². The molecule has 1 aromatic carbocycles. The van der Waals surface area contributed by atoms with E-state index in [0.29, 0.717) is 23.5 Å². The zero-order valence-electron chi connectivity index (χ0n) is 13.4. The van der Waals surface area contributed by atoms with Crippen molar-refractivity contribution >= 4 is 11.2 Å². The lowest BCUT2D eigenvalue weighted by Crippen LogP contribution is -2.10. The van der Waals surface area contributed by atoms with Crippen molar-refractivity contribution in [2.45, 2.75) is 13.5 Å². The summed E-state index contributed by atoms with van der Waals surface area (Å²) in [5.74, 6) is 0.528. The van der Waals surface area contributed by atoms with Gasteiger partial charge in [-0.05, 0) is 19.1 Å². The predicted octanol–water partition coefficient (Wildman–Crippen LogP) is 2.21. The van der Waals surface area contributed by atoms with Crippen LogP contribution in [0.5, 0.6) is 0 Å². The lowest BCUT2D eigenvalue weighted by Gasteiger charge is -2.05. The van der Waals surface area contributed by atoms with E-state index >= 15 is 0 Å². The number of aryl methyl sites for hydroxylation is 2. The van der Waals surface area contributed by atoms with Crippen LogP contribution in [0.1, 0.15) is 6.92 Å². The second-order valence-corrected chi connectivity index (χ2v) is 5.57. The van der Waals surface area contributed by atoms with Gasteiger partial charge >= 0.3 is 0 Å². The van der Waals surface area contributed by atoms with Crippen LogP contribution < -0.4 is 5.56 Å². The van der Waals surface area contributed by atoms with Gasteiger partial charge in [0.25, 0.3) is 5.56 Å². The second-order valence-electron chi connectivity index (χ2n) is 5.57. The molecule has 0 bridgehead atoms. The molecule has 0 aliphatic heterocycles. The van der Waals surface area contributed by atoms with E-state index in [2.05, 4.69) is 20.1 Å². The SMILES string of the molecule is CCn1cnc2c(=O)[nH]c(-c3cccc(-c4ccn(C)n4)c3)nc21. The van der Waals surface area contributed by atoms with Crippen molar-refractivity contribution in [2.24, 2.45) is 7.05 Å². The smallest absolute Gasteiger partial charge is 0.279 e. The number of hydrogen-bond donors (Lipinski definition) is 1. The summed E-state index contributed by atoms with van der Waals surface area (Å²) in [6.45, 7) is 2.70. The van der Waals surface area contributed by atoms with Crippen LogP contribution in [0.2, 0.25) is 0 Å². The van der Waals surface area contributed by atoms with E-state index in [-0.39, 0.29) is 5.56 Å². The van der Waals surface area contributed by atoms with Gasteiger partial charge in [0, 0.05) is 30.9 Å². The Bertz CT molecular complexity index is 1090. The molecule has 0 amide bonds. The van der Waals surface area contributed by atoms with E-state index in [1.54, 1.807) is 11.0 Å². The largest absolute Gasteiger partial charge is 0.315 e. The molecular weight excluding hydrogens is 304 g/mol. The highest BCUT2D eigenvalue weighted by Crippen LogP contribution is 2.23.